The predicted molar refractivity (Wildman–Crippen MR) is 113 cm³/mol. The molecule has 6 nitrogen and oxygen atoms in total. The topological polar surface area (TPSA) is 102 Å². The molecular formula is C20H27ClN4O2. The zero-order valence-corrected chi connectivity index (χ0v) is 16.6. The van der Waals surface area contributed by atoms with E-state index < -0.39 is 12.0 Å². The largest absolute Gasteiger partial charge is 0.479 e. The van der Waals surface area contributed by atoms with Gasteiger partial charge in [0.1, 0.15) is 5.84 Å². The Kier molecular flexibility index (Phi) is 8.12. The van der Waals surface area contributed by atoms with E-state index in [1.807, 2.05) is 19.1 Å². The number of hydrogen-bond donors (Lipinski definition) is 4. The lowest BCUT2D eigenvalue weighted by atomic mass is 10.0. The molecule has 27 heavy (non-hydrogen) atoms. The lowest BCUT2D eigenvalue weighted by molar-refractivity contribution is -0.138. The lowest BCUT2D eigenvalue weighted by Crippen LogP contribution is -2.24. The number of aliphatic carboxylic acids is 1. The molecule has 5 N–H and O–H groups in total. The summed E-state index contributed by atoms with van der Waals surface area (Å²) in [5.74, 6) is -0.967. The zero-order valence-electron chi connectivity index (χ0n) is 15.8. The van der Waals surface area contributed by atoms with Crippen molar-refractivity contribution in [1.82, 2.24) is 0 Å². The van der Waals surface area contributed by atoms with Crippen molar-refractivity contribution < 1.29 is 9.90 Å². The van der Waals surface area contributed by atoms with Crippen molar-refractivity contribution in [2.75, 3.05) is 23.3 Å². The number of nitrogens with zero attached hydrogens (tertiary/aromatic N) is 1. The van der Waals surface area contributed by atoms with Crippen molar-refractivity contribution >= 4 is 35.6 Å². The normalized spacial score (nSPS) is 11.2. The Hall–Kier alpha value is -2.73. The summed E-state index contributed by atoms with van der Waals surface area (Å²) in [5.41, 5.74) is 9.46. The van der Waals surface area contributed by atoms with Crippen molar-refractivity contribution in [1.29, 1.82) is 5.41 Å². The van der Waals surface area contributed by atoms with Crippen LogP contribution in [-0.4, -0.2) is 30.0 Å². The maximum absolute atomic E-state index is 11.9. The van der Waals surface area contributed by atoms with Gasteiger partial charge in [-0.3, -0.25) is 5.41 Å². The molecule has 0 aliphatic heterocycles. The second-order valence-corrected chi connectivity index (χ2v) is 6.18. The summed E-state index contributed by atoms with van der Waals surface area (Å²) in [6.07, 6.45) is 0. The molecule has 0 spiro atoms. The van der Waals surface area contributed by atoms with E-state index in [1.165, 1.54) is 0 Å². The summed E-state index contributed by atoms with van der Waals surface area (Å²) in [5, 5.41) is 20.2. The molecular weight excluding hydrogens is 364 g/mol. The van der Waals surface area contributed by atoms with Gasteiger partial charge in [0.25, 0.3) is 0 Å². The van der Waals surface area contributed by atoms with E-state index in [0.29, 0.717) is 16.8 Å². The van der Waals surface area contributed by atoms with E-state index in [2.05, 4.69) is 30.1 Å². The van der Waals surface area contributed by atoms with E-state index in [0.717, 1.165) is 24.3 Å². The highest BCUT2D eigenvalue weighted by Crippen LogP contribution is 2.26. The fourth-order valence-electron chi connectivity index (χ4n) is 2.93. The minimum atomic E-state index is -0.947. The van der Waals surface area contributed by atoms with Crippen molar-refractivity contribution in [2.24, 2.45) is 5.73 Å². The average molecular weight is 391 g/mol. The predicted octanol–water partition coefficient (Wildman–Crippen LogP) is 3.78. The molecule has 0 heterocycles. The zero-order chi connectivity index (χ0) is 19.3. The van der Waals surface area contributed by atoms with Crippen LogP contribution in [0.2, 0.25) is 0 Å². The number of aryl methyl sites for hydroxylation is 1. The average Bonchev–Trinajstić information content (AvgIpc) is 2.60. The first-order valence-corrected chi connectivity index (χ1v) is 8.66. The summed E-state index contributed by atoms with van der Waals surface area (Å²) in [4.78, 5) is 14.1. The van der Waals surface area contributed by atoms with Gasteiger partial charge in [0.2, 0.25) is 0 Å². The Balaban J connectivity index is 0.00000364. The third-order valence-corrected chi connectivity index (χ3v) is 4.30. The molecule has 7 heteroatoms. The lowest BCUT2D eigenvalue weighted by Gasteiger charge is -2.24. The summed E-state index contributed by atoms with van der Waals surface area (Å²) in [6, 6.07) is 11.9. The first-order valence-electron chi connectivity index (χ1n) is 8.66. The molecule has 1 atom stereocenters. The number of benzene rings is 2. The van der Waals surface area contributed by atoms with Crippen LogP contribution >= 0.6 is 12.4 Å². The number of hydrogen-bond acceptors (Lipinski definition) is 4. The second kappa shape index (κ2) is 9.83. The van der Waals surface area contributed by atoms with E-state index >= 15 is 0 Å². The highest BCUT2D eigenvalue weighted by molar-refractivity contribution is 5.95. The van der Waals surface area contributed by atoms with Gasteiger partial charge in [0.05, 0.1) is 0 Å². The van der Waals surface area contributed by atoms with Crippen molar-refractivity contribution in [3.63, 3.8) is 0 Å². The van der Waals surface area contributed by atoms with Crippen LogP contribution < -0.4 is 16.0 Å². The molecule has 2 aromatic rings. The quantitative estimate of drug-likeness (QED) is 0.405. The van der Waals surface area contributed by atoms with Gasteiger partial charge in [-0.2, -0.15) is 0 Å². The van der Waals surface area contributed by atoms with Crippen LogP contribution in [0.25, 0.3) is 0 Å². The van der Waals surface area contributed by atoms with Gasteiger partial charge in [-0.05, 0) is 68.3 Å². The molecule has 0 bridgehead atoms. The Morgan fingerprint density at radius 3 is 2.26 bits per heavy atom. The molecule has 0 saturated heterocycles. The summed E-state index contributed by atoms with van der Waals surface area (Å²) < 4.78 is 0. The van der Waals surface area contributed by atoms with Crippen LogP contribution in [0, 0.1) is 12.3 Å². The van der Waals surface area contributed by atoms with E-state index in [9.17, 15) is 9.90 Å². The fraction of sp³-hybridized carbons (Fsp3) is 0.300. The third kappa shape index (κ3) is 5.62. The van der Waals surface area contributed by atoms with Gasteiger partial charge < -0.3 is 21.1 Å². The number of anilines is 2. The highest BCUT2D eigenvalue weighted by atomic mass is 35.5. The monoisotopic (exact) mass is 390 g/mol. The van der Waals surface area contributed by atoms with Gasteiger partial charge >= 0.3 is 5.97 Å². The minimum Gasteiger partial charge on any atom is -0.479 e. The summed E-state index contributed by atoms with van der Waals surface area (Å²) >= 11 is 0. The minimum absolute atomic E-state index is 0. The number of nitrogens with two attached hydrogens (primary N) is 1. The molecule has 0 radical (unpaired) electrons. The number of carboxylic acids is 1. The molecule has 0 aliphatic carbocycles. The molecule has 2 aromatic carbocycles. The highest BCUT2D eigenvalue weighted by Gasteiger charge is 2.21. The number of nitrogens with one attached hydrogen (secondary N) is 2. The van der Waals surface area contributed by atoms with Crippen LogP contribution in [0.15, 0.2) is 42.5 Å². The van der Waals surface area contributed by atoms with Crippen LogP contribution in [-0.2, 0) is 4.79 Å². The molecule has 146 valence electrons. The Morgan fingerprint density at radius 2 is 1.78 bits per heavy atom. The maximum Gasteiger partial charge on any atom is 0.330 e. The molecule has 0 aliphatic rings. The Labute approximate surface area is 166 Å². The number of amidine groups is 1. The Bertz CT molecular complexity index is 789. The first-order chi connectivity index (χ1) is 12.3. The van der Waals surface area contributed by atoms with E-state index in [1.54, 1.807) is 24.3 Å². The standard InChI is InChI=1S/C20H26N4O2.ClH/c1-4-24(5-2)17-11-13(3)10-15(12-17)18(20(25)26)23-16-8-6-14(7-9-16)19(21)22;/h6-12,18,23H,4-5H2,1-3H3,(H3,21,22)(H,25,26);1H. The number of carbonyl (C=O) groups is 1. The van der Waals surface area contributed by atoms with Gasteiger partial charge in [0.15, 0.2) is 6.04 Å². The smallest absolute Gasteiger partial charge is 0.330 e. The van der Waals surface area contributed by atoms with E-state index in [4.69, 9.17) is 11.1 Å². The van der Waals surface area contributed by atoms with E-state index in [-0.39, 0.29) is 18.2 Å². The van der Waals surface area contributed by atoms with Gasteiger partial charge in [0, 0.05) is 30.0 Å². The van der Waals surface area contributed by atoms with Gasteiger partial charge in [-0.25, -0.2) is 4.79 Å². The molecule has 1 unspecified atom stereocenters. The molecule has 0 fully saturated rings. The van der Waals surface area contributed by atoms with Crippen molar-refractivity contribution in [3.05, 3.63) is 59.2 Å². The molecule has 0 saturated carbocycles. The second-order valence-electron chi connectivity index (χ2n) is 6.18. The van der Waals surface area contributed by atoms with Crippen molar-refractivity contribution in [3.8, 4) is 0 Å². The maximum atomic E-state index is 11.9. The molecule has 2 rings (SSSR count). The summed E-state index contributed by atoms with van der Waals surface area (Å²) in [7, 11) is 0. The van der Waals surface area contributed by atoms with Gasteiger partial charge in [-0.1, -0.05) is 6.07 Å². The van der Waals surface area contributed by atoms with Gasteiger partial charge in [-0.15, -0.1) is 12.4 Å². The molecule has 0 amide bonds. The number of halogens is 1. The van der Waals surface area contributed by atoms with Crippen LogP contribution in [0.1, 0.15) is 36.6 Å². The molecule has 0 aromatic heterocycles. The van der Waals surface area contributed by atoms with Crippen LogP contribution in [0.3, 0.4) is 0 Å². The van der Waals surface area contributed by atoms with Crippen molar-refractivity contribution in [2.45, 2.75) is 26.8 Å². The first kappa shape index (κ1) is 22.3. The fourth-order valence-corrected chi connectivity index (χ4v) is 2.93. The number of nitrogen functional groups attached to an aromatic ring is 1. The van der Waals surface area contributed by atoms with Crippen LogP contribution in [0.5, 0.6) is 0 Å². The van der Waals surface area contributed by atoms with Crippen LogP contribution in [0.4, 0.5) is 11.4 Å². The SMILES string of the molecule is CCN(CC)c1cc(C)cc(C(Nc2ccc(C(=N)N)cc2)C(=O)O)c1.Cl. The number of rotatable bonds is 8. The number of carboxylic acid groups (broad SMARTS) is 1. The summed E-state index contributed by atoms with van der Waals surface area (Å²) in [6.45, 7) is 7.84. The Morgan fingerprint density at radius 1 is 1.19 bits per heavy atom. The third-order valence-electron chi connectivity index (χ3n) is 4.30.